The minimum absolute atomic E-state index is 0.0999. The summed E-state index contributed by atoms with van der Waals surface area (Å²) in [4.78, 5) is 15.0. The lowest BCUT2D eigenvalue weighted by atomic mass is 9.98. The number of aryl methyl sites for hydroxylation is 1. The van der Waals surface area contributed by atoms with Crippen molar-refractivity contribution in [3.63, 3.8) is 0 Å². The highest BCUT2D eigenvalue weighted by Crippen LogP contribution is 2.23. The van der Waals surface area contributed by atoms with Gasteiger partial charge in [0.2, 0.25) is 15.9 Å². The van der Waals surface area contributed by atoms with Crippen LogP contribution in [-0.2, 0) is 14.8 Å². The molecule has 0 unspecified atom stereocenters. The van der Waals surface area contributed by atoms with Gasteiger partial charge < -0.3 is 5.32 Å². The van der Waals surface area contributed by atoms with Crippen molar-refractivity contribution in [3.05, 3.63) is 23.8 Å². The van der Waals surface area contributed by atoms with Crippen molar-refractivity contribution in [1.82, 2.24) is 9.21 Å². The van der Waals surface area contributed by atoms with Crippen LogP contribution in [0.15, 0.2) is 23.1 Å². The van der Waals surface area contributed by atoms with Gasteiger partial charge in [0.1, 0.15) is 0 Å². The maximum Gasteiger partial charge on any atom is 0.242 e. The van der Waals surface area contributed by atoms with Crippen molar-refractivity contribution >= 4 is 21.6 Å². The Morgan fingerprint density at radius 1 is 1.28 bits per heavy atom. The van der Waals surface area contributed by atoms with Crippen LogP contribution in [-0.4, -0.2) is 56.8 Å². The molecule has 2 rings (SSSR count). The Kier molecular flexibility index (Phi) is 6.24. The fourth-order valence-corrected chi connectivity index (χ4v) is 3.85. The van der Waals surface area contributed by atoms with Gasteiger partial charge in [-0.05, 0) is 63.4 Å². The van der Waals surface area contributed by atoms with E-state index in [4.69, 9.17) is 0 Å². The number of nitrogens with one attached hydrogen (secondary N) is 1. The summed E-state index contributed by atoms with van der Waals surface area (Å²) in [6.07, 6.45) is 2.21. The zero-order valence-electron chi connectivity index (χ0n) is 15.7. The molecule has 140 valence electrons. The van der Waals surface area contributed by atoms with E-state index in [0.717, 1.165) is 31.5 Å². The first-order valence-corrected chi connectivity index (χ1v) is 10.1. The highest BCUT2D eigenvalue weighted by molar-refractivity contribution is 7.89. The number of benzene rings is 1. The van der Waals surface area contributed by atoms with Crippen LogP contribution < -0.4 is 5.32 Å². The molecule has 1 N–H and O–H groups in total. The molecule has 1 fully saturated rings. The molecule has 1 aliphatic rings. The molecule has 1 aromatic rings. The average molecular weight is 368 g/mol. The highest BCUT2D eigenvalue weighted by atomic mass is 32.2. The number of carbonyl (C=O) groups is 1. The summed E-state index contributed by atoms with van der Waals surface area (Å²) in [5.74, 6) is 0.610. The SMILES string of the molecule is Cc1ccc(S(=O)(=O)N(C)C)cc1NC(=O)[C@@H](C)N1CCC(C)CC1. The largest absolute Gasteiger partial charge is 0.324 e. The van der Waals surface area contributed by atoms with Crippen molar-refractivity contribution < 1.29 is 13.2 Å². The number of sulfonamides is 1. The summed E-state index contributed by atoms with van der Waals surface area (Å²) in [5, 5.41) is 2.91. The standard InChI is InChI=1S/C18H29N3O3S/c1-13-8-10-21(11-9-13)15(3)18(22)19-17-12-16(7-6-14(17)2)25(23,24)20(4)5/h6-7,12-13,15H,8-11H2,1-5H3,(H,19,22)/t15-/m1/s1. The zero-order chi connectivity index (χ0) is 18.8. The maximum atomic E-state index is 12.6. The van der Waals surface area contributed by atoms with Crippen LogP contribution in [0.2, 0.25) is 0 Å². The van der Waals surface area contributed by atoms with E-state index in [-0.39, 0.29) is 16.8 Å². The number of hydrogen-bond acceptors (Lipinski definition) is 4. The molecule has 0 bridgehead atoms. The molecule has 1 aromatic carbocycles. The normalized spacial score (nSPS) is 18.3. The van der Waals surface area contributed by atoms with Crippen LogP contribution >= 0.6 is 0 Å². The summed E-state index contributed by atoms with van der Waals surface area (Å²) in [6.45, 7) is 7.84. The minimum atomic E-state index is -3.53. The van der Waals surface area contributed by atoms with Crippen LogP contribution in [0.1, 0.15) is 32.3 Å². The van der Waals surface area contributed by atoms with Gasteiger partial charge in [-0.15, -0.1) is 0 Å². The third kappa shape index (κ3) is 4.59. The fourth-order valence-electron chi connectivity index (χ4n) is 2.93. The molecule has 1 aliphatic heterocycles. The molecule has 0 aliphatic carbocycles. The van der Waals surface area contributed by atoms with Crippen LogP contribution in [0.3, 0.4) is 0 Å². The second-order valence-electron chi connectivity index (χ2n) is 7.15. The lowest BCUT2D eigenvalue weighted by Gasteiger charge is -2.34. The van der Waals surface area contributed by atoms with Crippen LogP contribution in [0.5, 0.6) is 0 Å². The predicted molar refractivity (Wildman–Crippen MR) is 100 cm³/mol. The molecule has 1 atom stereocenters. The summed E-state index contributed by atoms with van der Waals surface area (Å²) in [5.41, 5.74) is 1.38. The van der Waals surface area contributed by atoms with Crippen molar-refractivity contribution in [2.45, 2.75) is 44.6 Å². The number of amides is 1. The van der Waals surface area contributed by atoms with Gasteiger partial charge in [-0.25, -0.2) is 12.7 Å². The topological polar surface area (TPSA) is 69.7 Å². The van der Waals surface area contributed by atoms with Gasteiger partial charge in [-0.3, -0.25) is 9.69 Å². The zero-order valence-corrected chi connectivity index (χ0v) is 16.6. The number of anilines is 1. The third-order valence-electron chi connectivity index (χ3n) is 4.99. The summed E-state index contributed by atoms with van der Waals surface area (Å²) < 4.78 is 25.8. The Labute approximate surface area is 151 Å². The third-order valence-corrected chi connectivity index (χ3v) is 6.80. The van der Waals surface area contributed by atoms with E-state index in [1.54, 1.807) is 12.1 Å². The monoisotopic (exact) mass is 367 g/mol. The van der Waals surface area contributed by atoms with E-state index >= 15 is 0 Å². The number of rotatable bonds is 5. The smallest absolute Gasteiger partial charge is 0.242 e. The summed E-state index contributed by atoms with van der Waals surface area (Å²) in [7, 11) is -0.541. The van der Waals surface area contributed by atoms with Gasteiger partial charge in [-0.2, -0.15) is 0 Å². The van der Waals surface area contributed by atoms with Gasteiger partial charge in [0.05, 0.1) is 10.9 Å². The Hall–Kier alpha value is -1.44. The molecule has 25 heavy (non-hydrogen) atoms. The van der Waals surface area contributed by atoms with Crippen molar-refractivity contribution in [2.24, 2.45) is 5.92 Å². The molecule has 1 amide bonds. The summed E-state index contributed by atoms with van der Waals surface area (Å²) in [6, 6.07) is 4.59. The molecular weight excluding hydrogens is 338 g/mol. The van der Waals surface area contributed by atoms with E-state index in [0.29, 0.717) is 11.6 Å². The molecule has 0 aromatic heterocycles. The highest BCUT2D eigenvalue weighted by Gasteiger charge is 2.26. The molecule has 1 heterocycles. The number of hydrogen-bond donors (Lipinski definition) is 1. The predicted octanol–water partition coefficient (Wildman–Crippen LogP) is 2.30. The number of carbonyl (C=O) groups excluding carboxylic acids is 1. The maximum absolute atomic E-state index is 12.6. The van der Waals surface area contributed by atoms with E-state index in [1.807, 2.05) is 13.8 Å². The van der Waals surface area contributed by atoms with Crippen LogP contribution in [0.4, 0.5) is 5.69 Å². The number of likely N-dealkylation sites (tertiary alicyclic amines) is 1. The molecule has 6 nitrogen and oxygen atoms in total. The van der Waals surface area contributed by atoms with Crippen molar-refractivity contribution in [1.29, 1.82) is 0 Å². The van der Waals surface area contributed by atoms with E-state index < -0.39 is 10.0 Å². The summed E-state index contributed by atoms with van der Waals surface area (Å²) >= 11 is 0. The first-order valence-electron chi connectivity index (χ1n) is 8.71. The fraction of sp³-hybridized carbons (Fsp3) is 0.611. The molecule has 1 saturated heterocycles. The number of nitrogens with zero attached hydrogens (tertiary/aromatic N) is 2. The minimum Gasteiger partial charge on any atom is -0.324 e. The Bertz CT molecular complexity index is 723. The molecule has 0 radical (unpaired) electrons. The van der Waals surface area contributed by atoms with Gasteiger partial charge >= 0.3 is 0 Å². The Morgan fingerprint density at radius 2 is 1.88 bits per heavy atom. The van der Waals surface area contributed by atoms with E-state index in [1.165, 1.54) is 24.5 Å². The molecule has 0 saturated carbocycles. The molecule has 7 heteroatoms. The second kappa shape index (κ2) is 7.85. The lowest BCUT2D eigenvalue weighted by Crippen LogP contribution is -2.45. The lowest BCUT2D eigenvalue weighted by molar-refractivity contribution is -0.121. The van der Waals surface area contributed by atoms with Crippen molar-refractivity contribution in [3.8, 4) is 0 Å². The van der Waals surface area contributed by atoms with Gasteiger partial charge in [0.15, 0.2) is 0 Å². The van der Waals surface area contributed by atoms with Crippen LogP contribution in [0, 0.1) is 12.8 Å². The van der Waals surface area contributed by atoms with Gasteiger partial charge in [-0.1, -0.05) is 13.0 Å². The quantitative estimate of drug-likeness (QED) is 0.867. The van der Waals surface area contributed by atoms with E-state index in [2.05, 4.69) is 17.1 Å². The molecular formula is C18H29N3O3S. The number of piperidine rings is 1. The van der Waals surface area contributed by atoms with Crippen LogP contribution in [0.25, 0.3) is 0 Å². The molecule has 0 spiro atoms. The Morgan fingerprint density at radius 3 is 2.44 bits per heavy atom. The second-order valence-corrected chi connectivity index (χ2v) is 9.30. The Balaban J connectivity index is 2.15. The average Bonchev–Trinajstić information content (AvgIpc) is 2.56. The van der Waals surface area contributed by atoms with E-state index in [9.17, 15) is 13.2 Å². The van der Waals surface area contributed by atoms with Gasteiger partial charge in [0.25, 0.3) is 0 Å². The van der Waals surface area contributed by atoms with Gasteiger partial charge in [0, 0.05) is 19.8 Å². The first-order chi connectivity index (χ1) is 11.6. The van der Waals surface area contributed by atoms with Crippen molar-refractivity contribution in [2.75, 3.05) is 32.5 Å². The first kappa shape index (κ1) is 19.9.